The fourth-order valence-electron chi connectivity index (χ4n) is 4.14. The van der Waals surface area contributed by atoms with Crippen molar-refractivity contribution in [3.05, 3.63) is 30.1 Å². The number of nitrogens with zero attached hydrogens (tertiary/aromatic N) is 2. The van der Waals surface area contributed by atoms with Gasteiger partial charge in [-0.1, -0.05) is 19.9 Å². The zero-order chi connectivity index (χ0) is 21.2. The van der Waals surface area contributed by atoms with Crippen molar-refractivity contribution in [1.82, 2.24) is 14.5 Å². The lowest BCUT2D eigenvalue weighted by Crippen LogP contribution is -2.53. The van der Waals surface area contributed by atoms with Gasteiger partial charge in [0, 0.05) is 25.2 Å². The van der Waals surface area contributed by atoms with E-state index in [0.717, 1.165) is 25.3 Å². The second-order valence-electron chi connectivity index (χ2n) is 8.55. The fraction of sp³-hybridized carbons (Fsp3) is 0.667. The molecule has 162 valence electrons. The Bertz CT molecular complexity index is 818. The average molecular weight is 426 g/mol. The molecule has 1 atom stereocenters. The standard InChI is InChI=1S/C21H32FN3O3S/c1-15(2)13-20(23-3)21(26)24-11-9-18(10-12-24)25(17-7-8-17)29(27,28)19-6-4-5-16(22)14-19/h4-6,14-15,17-18,20,23H,7-13H2,1-3H3/t20-/m0/s1. The number of nitrogens with one attached hydrogen (secondary N) is 1. The number of carbonyl (C=O) groups excluding carboxylic acids is 1. The first-order chi connectivity index (χ1) is 13.7. The van der Waals surface area contributed by atoms with E-state index in [2.05, 4.69) is 19.2 Å². The Balaban J connectivity index is 1.70. The average Bonchev–Trinajstić information content (AvgIpc) is 3.51. The Morgan fingerprint density at radius 1 is 1.21 bits per heavy atom. The third-order valence-corrected chi connectivity index (χ3v) is 7.77. The number of likely N-dealkylation sites (tertiary alicyclic amines) is 1. The first kappa shape index (κ1) is 22.2. The summed E-state index contributed by atoms with van der Waals surface area (Å²) in [6, 6.07) is 4.85. The van der Waals surface area contributed by atoms with Crippen molar-refractivity contribution >= 4 is 15.9 Å². The first-order valence-electron chi connectivity index (χ1n) is 10.5. The van der Waals surface area contributed by atoms with Crippen LogP contribution in [-0.4, -0.2) is 61.8 Å². The van der Waals surface area contributed by atoms with Crippen molar-refractivity contribution in [3.63, 3.8) is 0 Å². The van der Waals surface area contributed by atoms with E-state index in [0.29, 0.717) is 31.8 Å². The fourth-order valence-corrected chi connectivity index (χ4v) is 6.11. The van der Waals surface area contributed by atoms with Crippen molar-refractivity contribution in [2.45, 2.75) is 69.0 Å². The highest BCUT2D eigenvalue weighted by Crippen LogP contribution is 2.36. The molecule has 0 bridgehead atoms. The molecule has 2 fully saturated rings. The summed E-state index contributed by atoms with van der Waals surface area (Å²) in [6.45, 7) is 5.27. The second-order valence-corrected chi connectivity index (χ2v) is 10.4. The molecule has 6 nitrogen and oxygen atoms in total. The largest absolute Gasteiger partial charge is 0.341 e. The lowest BCUT2D eigenvalue weighted by atomic mass is 10.00. The van der Waals surface area contributed by atoms with Crippen molar-refractivity contribution in [2.24, 2.45) is 5.92 Å². The van der Waals surface area contributed by atoms with Gasteiger partial charge < -0.3 is 10.2 Å². The van der Waals surface area contributed by atoms with Gasteiger partial charge >= 0.3 is 0 Å². The SMILES string of the molecule is CN[C@@H](CC(C)C)C(=O)N1CCC(N(C2CC2)S(=O)(=O)c2cccc(F)c2)CC1. The number of piperidine rings is 1. The molecule has 1 saturated heterocycles. The number of sulfonamides is 1. The van der Waals surface area contributed by atoms with Gasteiger partial charge in [-0.25, -0.2) is 12.8 Å². The third kappa shape index (κ3) is 5.16. The Kier molecular flexibility index (Phi) is 6.96. The topological polar surface area (TPSA) is 69.7 Å². The number of halogens is 1. The van der Waals surface area contributed by atoms with E-state index in [4.69, 9.17) is 0 Å². The maximum Gasteiger partial charge on any atom is 0.243 e. The molecule has 1 N–H and O–H groups in total. The molecule has 8 heteroatoms. The quantitative estimate of drug-likeness (QED) is 0.695. The molecule has 3 rings (SSSR count). The number of benzene rings is 1. The zero-order valence-corrected chi connectivity index (χ0v) is 18.3. The van der Waals surface area contributed by atoms with Gasteiger partial charge in [0.25, 0.3) is 0 Å². The molecule has 1 saturated carbocycles. The molecule has 0 unspecified atom stereocenters. The maximum absolute atomic E-state index is 13.6. The van der Waals surface area contributed by atoms with E-state index in [1.807, 2.05) is 4.90 Å². The first-order valence-corrected chi connectivity index (χ1v) is 11.9. The smallest absolute Gasteiger partial charge is 0.243 e. The molecule has 29 heavy (non-hydrogen) atoms. The third-order valence-electron chi connectivity index (χ3n) is 5.77. The molecule has 1 aromatic rings. The number of likely N-dealkylation sites (N-methyl/N-ethyl adjacent to an activating group) is 1. The number of carbonyl (C=O) groups is 1. The van der Waals surface area contributed by atoms with Gasteiger partial charge in [0.15, 0.2) is 0 Å². The highest BCUT2D eigenvalue weighted by molar-refractivity contribution is 7.89. The van der Waals surface area contributed by atoms with Gasteiger partial charge in [0.1, 0.15) is 5.82 Å². The Morgan fingerprint density at radius 3 is 2.34 bits per heavy atom. The molecule has 1 aromatic carbocycles. The molecule has 0 spiro atoms. The highest BCUT2D eigenvalue weighted by atomic mass is 32.2. The molecule has 1 aliphatic heterocycles. The van der Waals surface area contributed by atoms with Crippen LogP contribution in [0.2, 0.25) is 0 Å². The predicted molar refractivity (Wildman–Crippen MR) is 110 cm³/mol. The van der Waals surface area contributed by atoms with Crippen LogP contribution in [0.4, 0.5) is 4.39 Å². The lowest BCUT2D eigenvalue weighted by molar-refractivity contribution is -0.135. The molecule has 1 amide bonds. The van der Waals surface area contributed by atoms with Crippen LogP contribution in [0.1, 0.15) is 46.0 Å². The molecule has 0 radical (unpaired) electrons. The lowest BCUT2D eigenvalue weighted by Gasteiger charge is -2.39. The highest BCUT2D eigenvalue weighted by Gasteiger charge is 2.44. The van der Waals surface area contributed by atoms with E-state index in [9.17, 15) is 17.6 Å². The van der Waals surface area contributed by atoms with Crippen LogP contribution in [0.25, 0.3) is 0 Å². The minimum atomic E-state index is -3.76. The van der Waals surface area contributed by atoms with Crippen LogP contribution in [0.15, 0.2) is 29.2 Å². The summed E-state index contributed by atoms with van der Waals surface area (Å²) in [5.74, 6) is -0.0492. The van der Waals surface area contributed by atoms with Crippen molar-refractivity contribution in [1.29, 1.82) is 0 Å². The van der Waals surface area contributed by atoms with E-state index in [-0.39, 0.29) is 28.9 Å². The Labute approximate surface area is 173 Å². The van der Waals surface area contributed by atoms with Crippen molar-refractivity contribution in [2.75, 3.05) is 20.1 Å². The van der Waals surface area contributed by atoms with E-state index < -0.39 is 15.8 Å². The zero-order valence-electron chi connectivity index (χ0n) is 17.5. The summed E-state index contributed by atoms with van der Waals surface area (Å²) >= 11 is 0. The van der Waals surface area contributed by atoms with E-state index >= 15 is 0 Å². The van der Waals surface area contributed by atoms with Crippen LogP contribution in [0.5, 0.6) is 0 Å². The molecular formula is C21H32FN3O3S. The molecule has 1 aliphatic carbocycles. The van der Waals surface area contributed by atoms with Crippen LogP contribution >= 0.6 is 0 Å². The molecule has 1 heterocycles. The summed E-state index contributed by atoms with van der Waals surface area (Å²) in [5, 5.41) is 3.11. The van der Waals surface area contributed by atoms with Crippen molar-refractivity contribution < 1.29 is 17.6 Å². The number of rotatable bonds is 8. The summed E-state index contributed by atoms with van der Waals surface area (Å²) < 4.78 is 41.7. The molecule has 2 aliphatic rings. The minimum absolute atomic E-state index is 0.00934. The van der Waals surface area contributed by atoms with Gasteiger partial charge in [0.2, 0.25) is 15.9 Å². The van der Waals surface area contributed by atoms with Gasteiger partial charge in [0.05, 0.1) is 10.9 Å². The Hall–Kier alpha value is -1.51. The second kappa shape index (κ2) is 9.10. The monoisotopic (exact) mass is 425 g/mol. The van der Waals surface area contributed by atoms with Crippen molar-refractivity contribution in [3.8, 4) is 0 Å². The number of amides is 1. The van der Waals surface area contributed by atoms with Crippen LogP contribution in [0.3, 0.4) is 0 Å². The summed E-state index contributed by atoms with van der Waals surface area (Å²) in [5.41, 5.74) is 0. The number of hydrogen-bond acceptors (Lipinski definition) is 4. The van der Waals surface area contributed by atoms with E-state index in [1.165, 1.54) is 18.2 Å². The predicted octanol–water partition coefficient (Wildman–Crippen LogP) is 2.60. The van der Waals surface area contributed by atoms with Gasteiger partial charge in [-0.15, -0.1) is 0 Å². The van der Waals surface area contributed by atoms with Gasteiger partial charge in [-0.2, -0.15) is 4.31 Å². The molecule has 0 aromatic heterocycles. The summed E-state index contributed by atoms with van der Waals surface area (Å²) in [6.07, 6.45) is 3.66. The van der Waals surface area contributed by atoms with Crippen LogP contribution in [0, 0.1) is 11.7 Å². The molecular weight excluding hydrogens is 393 g/mol. The summed E-state index contributed by atoms with van der Waals surface area (Å²) in [7, 11) is -1.95. The van der Waals surface area contributed by atoms with Gasteiger partial charge in [-0.3, -0.25) is 4.79 Å². The number of hydrogen-bond donors (Lipinski definition) is 1. The van der Waals surface area contributed by atoms with E-state index in [1.54, 1.807) is 11.4 Å². The Morgan fingerprint density at radius 2 is 1.83 bits per heavy atom. The van der Waals surface area contributed by atoms with Gasteiger partial charge in [-0.05, 0) is 63.3 Å². The van der Waals surface area contributed by atoms with Crippen LogP contribution < -0.4 is 5.32 Å². The minimum Gasteiger partial charge on any atom is -0.341 e. The van der Waals surface area contributed by atoms with Crippen LogP contribution in [-0.2, 0) is 14.8 Å². The summed E-state index contributed by atoms with van der Waals surface area (Å²) in [4.78, 5) is 14.7. The maximum atomic E-state index is 13.6. The normalized spacial score (nSPS) is 19.7.